The highest BCUT2D eigenvalue weighted by Crippen LogP contribution is 2.33. The number of imidazole rings is 1. The van der Waals surface area contributed by atoms with Gasteiger partial charge in [-0.2, -0.15) is 8.78 Å². The molecule has 4 rings (SSSR count). The number of fused-ring (bicyclic) bond motifs is 1. The van der Waals surface area contributed by atoms with Gasteiger partial charge in [0.15, 0.2) is 5.65 Å². The number of ether oxygens (including phenoxy) is 1. The molecule has 0 atom stereocenters. The lowest BCUT2D eigenvalue weighted by molar-refractivity contribution is 0.0130. The van der Waals surface area contributed by atoms with E-state index < -0.39 is 5.92 Å². The monoisotopic (exact) mass is 482 g/mol. The van der Waals surface area contributed by atoms with E-state index in [4.69, 9.17) is 27.9 Å². The largest absolute Gasteiger partial charge is 0.378 e. The lowest BCUT2D eigenvalue weighted by Crippen LogP contribution is -2.40. The summed E-state index contributed by atoms with van der Waals surface area (Å²) in [5.41, 5.74) is 2.07. The third-order valence-electron chi connectivity index (χ3n) is 5.61. The van der Waals surface area contributed by atoms with E-state index in [1.165, 1.54) is 6.07 Å². The molecule has 3 heterocycles. The molecule has 0 radical (unpaired) electrons. The molecule has 32 heavy (non-hydrogen) atoms. The van der Waals surface area contributed by atoms with Crippen molar-refractivity contribution in [2.75, 3.05) is 26.3 Å². The van der Waals surface area contributed by atoms with E-state index in [9.17, 15) is 13.6 Å². The lowest BCUT2D eigenvalue weighted by atomic mass is 10.1. The number of amides is 1. The summed E-state index contributed by atoms with van der Waals surface area (Å²) in [6.07, 6.45) is 0.214. The highest BCUT2D eigenvalue weighted by atomic mass is 35.5. The number of alkyl halides is 2. The molecule has 6 nitrogen and oxygen atoms in total. The first-order valence-corrected chi connectivity index (χ1v) is 10.9. The molecule has 3 aromatic rings. The molecule has 0 spiro atoms. The number of hydrogen-bond donors (Lipinski definition) is 0. The maximum absolute atomic E-state index is 13.9. The number of pyridine rings is 1. The molecule has 0 bridgehead atoms. The minimum absolute atomic E-state index is 0.187. The standard InChI is InChI=1S/C22H22Cl2F2N4O2/c1-12-10-16(22(2,25)26)27-20-19(12)28-17(29(20)3)11-14-15(23)5-4-13(18(14)24)21(31)30-6-8-32-9-7-30/h4-5,10H,6-9,11H2,1-3H3. The predicted octanol–water partition coefficient (Wildman–Crippen LogP) is 4.76. The van der Waals surface area contributed by atoms with E-state index >= 15 is 0 Å². The van der Waals surface area contributed by atoms with Crippen LogP contribution in [0.5, 0.6) is 0 Å². The first kappa shape index (κ1) is 22.9. The van der Waals surface area contributed by atoms with Gasteiger partial charge in [-0.1, -0.05) is 23.2 Å². The SMILES string of the molecule is Cc1cc(C(C)(F)F)nc2c1nc(Cc1c(Cl)ccc(C(=O)N3CCOCC3)c1Cl)n2C. The quantitative estimate of drug-likeness (QED) is 0.537. The normalized spacial score (nSPS) is 14.9. The van der Waals surface area contributed by atoms with Crippen LogP contribution in [0, 0.1) is 6.92 Å². The first-order chi connectivity index (χ1) is 15.1. The second-order valence-corrected chi connectivity index (χ2v) is 8.73. The number of carbonyl (C=O) groups excluding carboxylic acids is 1. The highest BCUT2D eigenvalue weighted by molar-refractivity contribution is 6.38. The Morgan fingerprint density at radius 3 is 2.56 bits per heavy atom. The van der Waals surface area contributed by atoms with Gasteiger partial charge in [0.1, 0.15) is 17.0 Å². The molecule has 1 aliphatic heterocycles. The number of hydrogen-bond acceptors (Lipinski definition) is 4. The zero-order valence-corrected chi connectivity index (χ0v) is 19.4. The molecule has 1 aromatic carbocycles. The van der Waals surface area contributed by atoms with Crippen molar-refractivity contribution >= 4 is 40.3 Å². The van der Waals surface area contributed by atoms with Crippen LogP contribution in [0.15, 0.2) is 18.2 Å². The van der Waals surface area contributed by atoms with Gasteiger partial charge in [0.25, 0.3) is 11.8 Å². The van der Waals surface area contributed by atoms with Crippen LogP contribution in [0.4, 0.5) is 8.78 Å². The topological polar surface area (TPSA) is 60.3 Å². The molecule has 2 aromatic heterocycles. The van der Waals surface area contributed by atoms with Crippen LogP contribution >= 0.6 is 23.2 Å². The molecule has 1 fully saturated rings. The maximum Gasteiger partial charge on any atom is 0.287 e. The van der Waals surface area contributed by atoms with E-state index in [-0.39, 0.29) is 23.0 Å². The molecule has 1 amide bonds. The number of morpholine rings is 1. The minimum Gasteiger partial charge on any atom is -0.378 e. The van der Waals surface area contributed by atoms with Crippen molar-refractivity contribution in [1.82, 2.24) is 19.4 Å². The van der Waals surface area contributed by atoms with E-state index in [0.29, 0.717) is 65.0 Å². The number of carbonyl (C=O) groups is 1. The van der Waals surface area contributed by atoms with Gasteiger partial charge in [0, 0.05) is 38.5 Å². The van der Waals surface area contributed by atoms with Crippen LogP contribution in [0.1, 0.15) is 39.9 Å². The molecule has 0 aliphatic carbocycles. The van der Waals surface area contributed by atoms with Crippen molar-refractivity contribution < 1.29 is 18.3 Å². The first-order valence-electron chi connectivity index (χ1n) is 10.1. The van der Waals surface area contributed by atoms with Gasteiger partial charge < -0.3 is 14.2 Å². The average molecular weight is 483 g/mol. The Kier molecular flexibility index (Phi) is 6.13. The minimum atomic E-state index is -3.07. The highest BCUT2D eigenvalue weighted by Gasteiger charge is 2.29. The Labute approximate surface area is 194 Å². The summed E-state index contributed by atoms with van der Waals surface area (Å²) in [5, 5.41) is 0.651. The molecular formula is C22H22Cl2F2N4O2. The second-order valence-electron chi connectivity index (χ2n) is 7.94. The van der Waals surface area contributed by atoms with Crippen molar-refractivity contribution in [3.8, 4) is 0 Å². The van der Waals surface area contributed by atoms with Crippen molar-refractivity contribution in [3.63, 3.8) is 0 Å². The Bertz CT molecular complexity index is 1200. The van der Waals surface area contributed by atoms with Crippen molar-refractivity contribution in [2.45, 2.75) is 26.2 Å². The zero-order chi connectivity index (χ0) is 23.2. The number of halogens is 4. The zero-order valence-electron chi connectivity index (χ0n) is 17.9. The van der Waals surface area contributed by atoms with E-state index in [1.807, 2.05) is 0 Å². The Morgan fingerprint density at radius 1 is 1.22 bits per heavy atom. The van der Waals surface area contributed by atoms with Gasteiger partial charge >= 0.3 is 0 Å². The van der Waals surface area contributed by atoms with Gasteiger partial charge in [-0.25, -0.2) is 9.97 Å². The molecule has 1 saturated heterocycles. The van der Waals surface area contributed by atoms with Crippen LogP contribution in [0.3, 0.4) is 0 Å². The van der Waals surface area contributed by atoms with Gasteiger partial charge in [0.05, 0.1) is 23.8 Å². The Morgan fingerprint density at radius 2 is 1.91 bits per heavy atom. The molecule has 170 valence electrons. The van der Waals surface area contributed by atoms with Crippen molar-refractivity contribution in [3.05, 3.63) is 56.5 Å². The number of benzene rings is 1. The molecule has 0 N–H and O–H groups in total. The van der Waals surface area contributed by atoms with E-state index in [1.54, 1.807) is 35.6 Å². The summed E-state index contributed by atoms with van der Waals surface area (Å²) in [6.45, 7) is 4.48. The summed E-state index contributed by atoms with van der Waals surface area (Å²) >= 11 is 13.1. The van der Waals surface area contributed by atoms with Gasteiger partial charge in [-0.05, 0) is 36.2 Å². The van der Waals surface area contributed by atoms with Crippen molar-refractivity contribution in [1.29, 1.82) is 0 Å². The van der Waals surface area contributed by atoms with Crippen LogP contribution < -0.4 is 0 Å². The third kappa shape index (κ3) is 4.19. The van der Waals surface area contributed by atoms with Crippen molar-refractivity contribution in [2.24, 2.45) is 7.05 Å². The average Bonchev–Trinajstić information content (AvgIpc) is 3.07. The molecular weight excluding hydrogens is 461 g/mol. The fraction of sp³-hybridized carbons (Fsp3) is 0.409. The summed E-state index contributed by atoms with van der Waals surface area (Å²) in [4.78, 5) is 23.4. The molecule has 0 unspecified atom stereocenters. The fourth-order valence-electron chi connectivity index (χ4n) is 3.75. The summed E-state index contributed by atoms with van der Waals surface area (Å²) in [6, 6.07) is 4.60. The van der Waals surface area contributed by atoms with Crippen LogP contribution in [-0.4, -0.2) is 51.6 Å². The number of aromatic nitrogens is 3. The molecule has 0 saturated carbocycles. The summed E-state index contributed by atoms with van der Waals surface area (Å²) < 4.78 is 34.7. The smallest absolute Gasteiger partial charge is 0.287 e. The van der Waals surface area contributed by atoms with Gasteiger partial charge in [0.2, 0.25) is 0 Å². The Balaban J connectivity index is 1.73. The van der Waals surface area contributed by atoms with Gasteiger partial charge in [-0.3, -0.25) is 4.79 Å². The second kappa shape index (κ2) is 8.57. The third-order valence-corrected chi connectivity index (χ3v) is 6.40. The predicted molar refractivity (Wildman–Crippen MR) is 119 cm³/mol. The summed E-state index contributed by atoms with van der Waals surface area (Å²) in [5.74, 6) is -2.70. The van der Waals surface area contributed by atoms with Crippen LogP contribution in [-0.2, 0) is 24.1 Å². The number of nitrogens with zero attached hydrogens (tertiary/aromatic N) is 4. The van der Waals surface area contributed by atoms with Crippen LogP contribution in [0.25, 0.3) is 11.2 Å². The van der Waals surface area contributed by atoms with Crippen LogP contribution in [0.2, 0.25) is 10.0 Å². The molecule has 1 aliphatic rings. The summed E-state index contributed by atoms with van der Waals surface area (Å²) in [7, 11) is 1.71. The lowest BCUT2D eigenvalue weighted by Gasteiger charge is -2.27. The Hall–Kier alpha value is -2.29. The number of rotatable bonds is 4. The maximum atomic E-state index is 13.9. The molecule has 10 heteroatoms. The fourth-order valence-corrected chi connectivity index (χ4v) is 4.34. The van der Waals surface area contributed by atoms with E-state index in [0.717, 1.165) is 6.92 Å². The van der Waals surface area contributed by atoms with Gasteiger partial charge in [-0.15, -0.1) is 0 Å². The number of aryl methyl sites for hydroxylation is 2. The van der Waals surface area contributed by atoms with E-state index in [2.05, 4.69) is 9.97 Å².